The molecule has 1 saturated carbocycles. The van der Waals surface area contributed by atoms with E-state index < -0.39 is 0 Å². The van der Waals surface area contributed by atoms with E-state index in [0.717, 1.165) is 17.2 Å². The van der Waals surface area contributed by atoms with Gasteiger partial charge in [-0.15, -0.1) is 0 Å². The molecule has 0 unspecified atom stereocenters. The molecule has 0 N–H and O–H groups in total. The van der Waals surface area contributed by atoms with E-state index in [1.54, 1.807) is 0 Å². The summed E-state index contributed by atoms with van der Waals surface area (Å²) >= 11 is 0. The van der Waals surface area contributed by atoms with Crippen molar-refractivity contribution in [2.24, 2.45) is 0 Å². The molecule has 1 heterocycles. The fourth-order valence-corrected chi connectivity index (χ4v) is 1.67. The average molecular weight is 201 g/mol. The van der Waals surface area contributed by atoms with Crippen LogP contribution < -0.4 is 5.59 Å². The maximum Gasteiger partial charge on any atom is 0.181 e. The lowest BCUT2D eigenvalue weighted by Gasteiger charge is -2.24. The lowest BCUT2D eigenvalue weighted by atomic mass is 9.53. The quantitative estimate of drug-likeness (QED) is 0.684. The summed E-state index contributed by atoms with van der Waals surface area (Å²) in [6.07, 6.45) is 5.90. The minimum absolute atomic E-state index is 0.0451. The topological polar surface area (TPSA) is 25.8 Å². The minimum atomic E-state index is 0.0451. The molecule has 1 fully saturated rings. The fourth-order valence-electron chi connectivity index (χ4n) is 1.67. The molecule has 0 spiro atoms. The highest BCUT2D eigenvalue weighted by Gasteiger charge is 2.22. The molecular weight excluding hydrogens is 183 g/mol. The van der Waals surface area contributed by atoms with Crippen molar-refractivity contribution in [3.05, 3.63) is 18.1 Å². The van der Waals surface area contributed by atoms with E-state index in [9.17, 15) is 0 Å². The first-order valence-corrected chi connectivity index (χ1v) is 5.74. The molecule has 0 atom stereocenters. The van der Waals surface area contributed by atoms with Gasteiger partial charge >= 0.3 is 0 Å². The molecule has 2 rings (SSSR count). The largest absolute Gasteiger partial charge is 0.248 e. The van der Waals surface area contributed by atoms with Crippen molar-refractivity contribution in [3.8, 4) is 0 Å². The predicted molar refractivity (Wildman–Crippen MR) is 63.7 cm³/mol. The van der Waals surface area contributed by atoms with E-state index in [-0.39, 0.29) is 5.41 Å². The number of nitrogens with zero attached hydrogens (tertiary/aromatic N) is 2. The molecule has 0 aliphatic heterocycles. The van der Waals surface area contributed by atoms with Crippen LogP contribution in [-0.4, -0.2) is 17.2 Å². The third-order valence-corrected chi connectivity index (χ3v) is 2.90. The molecular formula is C12H18BN2. The van der Waals surface area contributed by atoms with Crippen molar-refractivity contribution in [2.45, 2.75) is 51.3 Å². The van der Waals surface area contributed by atoms with E-state index in [1.807, 2.05) is 12.3 Å². The van der Waals surface area contributed by atoms with E-state index >= 15 is 0 Å². The molecule has 2 nitrogen and oxygen atoms in total. The first kappa shape index (κ1) is 10.7. The van der Waals surface area contributed by atoms with Gasteiger partial charge < -0.3 is 0 Å². The summed E-state index contributed by atoms with van der Waals surface area (Å²) in [5.74, 6) is 1.70. The molecule has 1 aromatic rings. The van der Waals surface area contributed by atoms with Crippen LogP contribution in [0.5, 0.6) is 0 Å². The Morgan fingerprint density at radius 2 is 2.07 bits per heavy atom. The summed E-state index contributed by atoms with van der Waals surface area (Å²) in [6.45, 7) is 6.44. The number of hydrogen-bond acceptors (Lipinski definition) is 2. The summed E-state index contributed by atoms with van der Waals surface area (Å²) in [7, 11) is 2.29. The Morgan fingerprint density at radius 1 is 1.33 bits per heavy atom. The smallest absolute Gasteiger partial charge is 0.181 e. The van der Waals surface area contributed by atoms with Gasteiger partial charge in [0.05, 0.1) is 0 Å². The standard InChI is InChI=1S/C12H18BN2/c1-12(2,3)11-14-8-7-10(15-11)13-9-5-4-6-9/h7-9H,4-6H2,1-3H3. The van der Waals surface area contributed by atoms with Crippen LogP contribution in [0.25, 0.3) is 0 Å². The third kappa shape index (κ3) is 2.58. The zero-order valence-corrected chi connectivity index (χ0v) is 9.83. The Hall–Kier alpha value is -0.855. The molecule has 1 aromatic heterocycles. The van der Waals surface area contributed by atoms with Gasteiger partial charge in [-0.25, -0.2) is 9.97 Å². The van der Waals surface area contributed by atoms with Crippen LogP contribution in [0.4, 0.5) is 0 Å². The second-order valence-electron chi connectivity index (χ2n) is 5.41. The van der Waals surface area contributed by atoms with Gasteiger partial charge in [-0.05, 0) is 6.07 Å². The SMILES string of the molecule is CC(C)(C)c1nccc([B]C2CCC2)n1. The number of rotatable bonds is 2. The average Bonchev–Trinajstić information content (AvgIpc) is 2.11. The Bertz CT molecular complexity index is 340. The van der Waals surface area contributed by atoms with Crippen LogP contribution in [0.3, 0.4) is 0 Å². The van der Waals surface area contributed by atoms with E-state index in [4.69, 9.17) is 0 Å². The highest BCUT2D eigenvalue weighted by molar-refractivity contribution is 6.54. The van der Waals surface area contributed by atoms with Crippen LogP contribution in [0.2, 0.25) is 5.82 Å². The molecule has 15 heavy (non-hydrogen) atoms. The first-order valence-electron chi connectivity index (χ1n) is 5.74. The molecule has 0 saturated heterocycles. The van der Waals surface area contributed by atoms with E-state index in [2.05, 4.69) is 38.0 Å². The fraction of sp³-hybridized carbons (Fsp3) is 0.667. The van der Waals surface area contributed by atoms with Crippen molar-refractivity contribution in [3.63, 3.8) is 0 Å². The Kier molecular flexibility index (Phi) is 2.81. The van der Waals surface area contributed by atoms with Crippen molar-refractivity contribution in [1.82, 2.24) is 9.97 Å². The van der Waals surface area contributed by atoms with Gasteiger partial charge in [0.15, 0.2) is 7.28 Å². The molecule has 0 amide bonds. The monoisotopic (exact) mass is 201 g/mol. The van der Waals surface area contributed by atoms with Gasteiger partial charge in [0.1, 0.15) is 5.82 Å². The van der Waals surface area contributed by atoms with Gasteiger partial charge in [0, 0.05) is 17.2 Å². The number of hydrogen-bond donors (Lipinski definition) is 0. The van der Waals surface area contributed by atoms with Gasteiger partial charge in [-0.1, -0.05) is 45.9 Å². The van der Waals surface area contributed by atoms with Gasteiger partial charge in [-0.3, -0.25) is 0 Å². The molecule has 1 aliphatic carbocycles. The van der Waals surface area contributed by atoms with Gasteiger partial charge in [0.25, 0.3) is 0 Å². The summed E-state index contributed by atoms with van der Waals surface area (Å²) in [5.41, 5.74) is 1.14. The maximum absolute atomic E-state index is 4.60. The van der Waals surface area contributed by atoms with Crippen molar-refractivity contribution >= 4 is 12.9 Å². The molecule has 0 bridgehead atoms. The van der Waals surface area contributed by atoms with Crippen LogP contribution in [0.15, 0.2) is 12.3 Å². The number of aromatic nitrogens is 2. The second-order valence-corrected chi connectivity index (χ2v) is 5.41. The Morgan fingerprint density at radius 3 is 2.60 bits per heavy atom. The summed E-state index contributed by atoms with van der Waals surface area (Å²) in [4.78, 5) is 8.93. The summed E-state index contributed by atoms with van der Waals surface area (Å²) < 4.78 is 0. The Balaban J connectivity index is 2.11. The zero-order chi connectivity index (χ0) is 10.9. The first-order chi connectivity index (χ1) is 7.05. The summed E-state index contributed by atoms with van der Waals surface area (Å²) in [5, 5.41) is 0. The van der Waals surface area contributed by atoms with Gasteiger partial charge in [0.2, 0.25) is 0 Å². The Labute approximate surface area is 92.8 Å². The van der Waals surface area contributed by atoms with E-state index in [1.165, 1.54) is 19.3 Å². The summed E-state index contributed by atoms with van der Waals surface area (Å²) in [6, 6.07) is 2.01. The molecule has 0 aromatic carbocycles. The lowest BCUT2D eigenvalue weighted by Crippen LogP contribution is -2.30. The lowest BCUT2D eigenvalue weighted by molar-refractivity contribution is 0.500. The highest BCUT2D eigenvalue weighted by atomic mass is 14.9. The highest BCUT2D eigenvalue weighted by Crippen LogP contribution is 2.30. The van der Waals surface area contributed by atoms with Crippen molar-refractivity contribution < 1.29 is 0 Å². The van der Waals surface area contributed by atoms with Crippen LogP contribution in [0, 0.1) is 0 Å². The molecule has 3 heteroatoms. The molecule has 1 radical (unpaired) electrons. The molecule has 1 aliphatic rings. The van der Waals surface area contributed by atoms with Crippen LogP contribution in [0.1, 0.15) is 45.9 Å². The molecule has 79 valence electrons. The van der Waals surface area contributed by atoms with Crippen molar-refractivity contribution in [1.29, 1.82) is 0 Å². The van der Waals surface area contributed by atoms with Crippen LogP contribution >= 0.6 is 0 Å². The van der Waals surface area contributed by atoms with Gasteiger partial charge in [-0.2, -0.15) is 0 Å². The maximum atomic E-state index is 4.60. The zero-order valence-electron chi connectivity index (χ0n) is 9.83. The van der Waals surface area contributed by atoms with Crippen molar-refractivity contribution in [2.75, 3.05) is 0 Å². The van der Waals surface area contributed by atoms with E-state index in [0.29, 0.717) is 0 Å². The normalized spacial score (nSPS) is 17.3. The third-order valence-electron chi connectivity index (χ3n) is 2.90. The predicted octanol–water partition coefficient (Wildman–Crippen LogP) is 2.08. The minimum Gasteiger partial charge on any atom is -0.248 e. The second kappa shape index (κ2) is 3.95. The van der Waals surface area contributed by atoms with Crippen LogP contribution in [-0.2, 0) is 5.41 Å².